The van der Waals surface area contributed by atoms with Gasteiger partial charge in [-0.25, -0.2) is 0 Å². The fourth-order valence-corrected chi connectivity index (χ4v) is 2.41. The third-order valence-electron chi connectivity index (χ3n) is 3.74. The van der Waals surface area contributed by atoms with E-state index in [1.165, 1.54) is 12.1 Å². The summed E-state index contributed by atoms with van der Waals surface area (Å²) in [5.41, 5.74) is 0.638. The van der Waals surface area contributed by atoms with Gasteiger partial charge in [-0.15, -0.1) is 0 Å². The number of nitrogens with zero attached hydrogens (tertiary/aromatic N) is 3. The van der Waals surface area contributed by atoms with E-state index >= 15 is 0 Å². The third-order valence-corrected chi connectivity index (χ3v) is 3.74. The number of nitro groups is 1. The maximum Gasteiger partial charge on any atom is 0.311 e. The van der Waals surface area contributed by atoms with Crippen LogP contribution in [-0.2, 0) is 6.54 Å². The second-order valence-corrected chi connectivity index (χ2v) is 5.49. The first-order valence-corrected chi connectivity index (χ1v) is 7.23. The molecule has 0 aliphatic heterocycles. The van der Waals surface area contributed by atoms with E-state index in [9.17, 15) is 20.0 Å². The number of benzene rings is 1. The summed E-state index contributed by atoms with van der Waals surface area (Å²) in [6.45, 7) is 0.409. The number of phenols is 1. The van der Waals surface area contributed by atoms with Crippen molar-refractivity contribution in [2.24, 2.45) is 0 Å². The number of rotatable bonds is 5. The van der Waals surface area contributed by atoms with Crippen LogP contribution in [0.4, 0.5) is 5.69 Å². The molecule has 7 heteroatoms. The normalized spacial score (nSPS) is 13.6. The SMILES string of the molecule is O=C(c1ccc(O)c([N+](=O)[O-])c1)N(Cc1cccnc1)C1CC1. The summed E-state index contributed by atoms with van der Waals surface area (Å²) in [7, 11) is 0. The molecule has 2 aromatic rings. The molecule has 0 saturated heterocycles. The van der Waals surface area contributed by atoms with Crippen LogP contribution >= 0.6 is 0 Å². The summed E-state index contributed by atoms with van der Waals surface area (Å²) in [6.07, 6.45) is 5.20. The molecule has 0 spiro atoms. The summed E-state index contributed by atoms with van der Waals surface area (Å²) in [4.78, 5) is 28.7. The van der Waals surface area contributed by atoms with Crippen molar-refractivity contribution in [1.29, 1.82) is 0 Å². The van der Waals surface area contributed by atoms with E-state index in [0.717, 1.165) is 24.5 Å². The summed E-state index contributed by atoms with van der Waals surface area (Å²) in [6, 6.07) is 7.54. The van der Waals surface area contributed by atoms with Gasteiger partial charge in [0.1, 0.15) is 0 Å². The van der Waals surface area contributed by atoms with E-state index in [1.807, 2.05) is 6.07 Å². The molecule has 0 bridgehead atoms. The number of amides is 1. The van der Waals surface area contributed by atoms with Gasteiger partial charge in [-0.2, -0.15) is 0 Å². The van der Waals surface area contributed by atoms with Crippen molar-refractivity contribution in [1.82, 2.24) is 9.88 Å². The van der Waals surface area contributed by atoms with Gasteiger partial charge in [-0.05, 0) is 36.6 Å². The number of phenolic OH excluding ortho intramolecular Hbond substituents is 1. The highest BCUT2D eigenvalue weighted by Crippen LogP contribution is 2.32. The van der Waals surface area contributed by atoms with E-state index in [2.05, 4.69) is 4.98 Å². The van der Waals surface area contributed by atoms with Gasteiger partial charge in [-0.3, -0.25) is 19.9 Å². The van der Waals surface area contributed by atoms with Gasteiger partial charge in [0.05, 0.1) is 4.92 Å². The van der Waals surface area contributed by atoms with E-state index in [1.54, 1.807) is 23.4 Å². The van der Waals surface area contributed by atoms with Crippen LogP contribution in [-0.4, -0.2) is 31.9 Å². The van der Waals surface area contributed by atoms with Gasteiger partial charge in [0.25, 0.3) is 5.91 Å². The molecule has 118 valence electrons. The lowest BCUT2D eigenvalue weighted by Gasteiger charge is -2.22. The van der Waals surface area contributed by atoms with Crippen molar-refractivity contribution in [3.8, 4) is 5.75 Å². The van der Waals surface area contributed by atoms with E-state index in [-0.39, 0.29) is 17.5 Å². The molecule has 1 amide bonds. The predicted molar refractivity (Wildman–Crippen MR) is 81.9 cm³/mol. The molecule has 3 rings (SSSR count). The van der Waals surface area contributed by atoms with E-state index in [0.29, 0.717) is 6.54 Å². The molecule has 0 atom stereocenters. The van der Waals surface area contributed by atoms with Crippen molar-refractivity contribution in [2.75, 3.05) is 0 Å². The molecule has 1 N–H and O–H groups in total. The topological polar surface area (TPSA) is 96.6 Å². The van der Waals surface area contributed by atoms with Crippen LogP contribution in [0.3, 0.4) is 0 Å². The molecule has 0 unspecified atom stereocenters. The fraction of sp³-hybridized carbons (Fsp3) is 0.250. The number of carbonyl (C=O) groups is 1. The Morgan fingerprint density at radius 2 is 2.17 bits per heavy atom. The predicted octanol–water partition coefficient (Wildman–Crippen LogP) is 2.50. The number of hydrogen-bond donors (Lipinski definition) is 1. The zero-order valence-electron chi connectivity index (χ0n) is 12.3. The molecule has 1 aromatic carbocycles. The van der Waals surface area contributed by atoms with Crippen LogP contribution in [0.5, 0.6) is 5.75 Å². The van der Waals surface area contributed by atoms with Gasteiger partial charge in [0.2, 0.25) is 0 Å². The summed E-state index contributed by atoms with van der Waals surface area (Å²) in [5.74, 6) is -0.726. The standard InChI is InChI=1S/C16H15N3O4/c20-15-6-3-12(8-14(15)19(22)23)16(21)18(13-4-5-13)10-11-2-1-7-17-9-11/h1-3,6-9,13,20H,4-5,10H2. The van der Waals surface area contributed by atoms with Gasteiger partial charge in [0.15, 0.2) is 5.75 Å². The molecule has 1 aliphatic rings. The Bertz CT molecular complexity index is 744. The van der Waals surface area contributed by atoms with Crippen LogP contribution in [0.2, 0.25) is 0 Å². The van der Waals surface area contributed by atoms with Crippen LogP contribution in [0.15, 0.2) is 42.7 Å². The number of hydrogen-bond acceptors (Lipinski definition) is 5. The van der Waals surface area contributed by atoms with Crippen LogP contribution in [0, 0.1) is 10.1 Å². The lowest BCUT2D eigenvalue weighted by molar-refractivity contribution is -0.385. The zero-order valence-corrected chi connectivity index (χ0v) is 12.3. The number of aromatic nitrogens is 1. The highest BCUT2D eigenvalue weighted by atomic mass is 16.6. The van der Waals surface area contributed by atoms with E-state index in [4.69, 9.17) is 0 Å². The maximum absolute atomic E-state index is 12.7. The van der Waals surface area contributed by atoms with Crippen molar-refractivity contribution < 1.29 is 14.8 Å². The second-order valence-electron chi connectivity index (χ2n) is 5.49. The largest absolute Gasteiger partial charge is 0.502 e. The summed E-state index contributed by atoms with van der Waals surface area (Å²) < 4.78 is 0. The van der Waals surface area contributed by atoms with Crippen LogP contribution < -0.4 is 0 Å². The average molecular weight is 313 g/mol. The molecular weight excluding hydrogens is 298 g/mol. The number of pyridine rings is 1. The van der Waals surface area contributed by atoms with Gasteiger partial charge in [0, 0.05) is 36.6 Å². The number of carbonyl (C=O) groups excluding carboxylic acids is 1. The lowest BCUT2D eigenvalue weighted by Crippen LogP contribution is -2.32. The highest BCUT2D eigenvalue weighted by Gasteiger charge is 2.33. The van der Waals surface area contributed by atoms with E-state index < -0.39 is 16.4 Å². The molecule has 23 heavy (non-hydrogen) atoms. The van der Waals surface area contributed by atoms with Crippen LogP contribution in [0.1, 0.15) is 28.8 Å². The first kappa shape index (κ1) is 15.0. The average Bonchev–Trinajstić information content (AvgIpc) is 3.38. The van der Waals surface area contributed by atoms with Crippen molar-refractivity contribution in [3.05, 3.63) is 64.0 Å². The van der Waals surface area contributed by atoms with Crippen LogP contribution in [0.25, 0.3) is 0 Å². The second kappa shape index (κ2) is 6.04. The first-order chi connectivity index (χ1) is 11.1. The molecular formula is C16H15N3O4. The first-order valence-electron chi connectivity index (χ1n) is 7.23. The lowest BCUT2D eigenvalue weighted by atomic mass is 10.1. The monoisotopic (exact) mass is 313 g/mol. The highest BCUT2D eigenvalue weighted by molar-refractivity contribution is 5.95. The Labute approximate surface area is 132 Å². The van der Waals surface area contributed by atoms with Gasteiger partial charge in [-0.1, -0.05) is 6.07 Å². The zero-order chi connectivity index (χ0) is 16.4. The smallest absolute Gasteiger partial charge is 0.311 e. The Hall–Kier alpha value is -2.96. The molecule has 0 radical (unpaired) electrons. The Kier molecular flexibility index (Phi) is 3.92. The molecule has 1 aliphatic carbocycles. The molecule has 1 heterocycles. The molecule has 1 aromatic heterocycles. The van der Waals surface area contributed by atoms with Gasteiger partial charge >= 0.3 is 5.69 Å². The summed E-state index contributed by atoms with van der Waals surface area (Å²) in [5, 5.41) is 20.4. The number of aromatic hydroxyl groups is 1. The minimum absolute atomic E-state index is 0.149. The minimum Gasteiger partial charge on any atom is -0.502 e. The van der Waals surface area contributed by atoms with Crippen molar-refractivity contribution >= 4 is 11.6 Å². The third kappa shape index (κ3) is 3.28. The quantitative estimate of drug-likeness (QED) is 0.675. The van der Waals surface area contributed by atoms with Crippen molar-refractivity contribution in [2.45, 2.75) is 25.4 Å². The Balaban J connectivity index is 1.87. The van der Waals surface area contributed by atoms with Crippen molar-refractivity contribution in [3.63, 3.8) is 0 Å². The Morgan fingerprint density at radius 1 is 1.39 bits per heavy atom. The maximum atomic E-state index is 12.7. The molecule has 1 fully saturated rings. The summed E-state index contributed by atoms with van der Waals surface area (Å²) >= 11 is 0. The Morgan fingerprint density at radius 3 is 2.78 bits per heavy atom. The molecule has 1 saturated carbocycles. The van der Waals surface area contributed by atoms with Gasteiger partial charge < -0.3 is 10.0 Å². The number of nitro benzene ring substituents is 1. The molecule has 7 nitrogen and oxygen atoms in total. The fourth-order valence-electron chi connectivity index (χ4n) is 2.41. The minimum atomic E-state index is -0.700.